The van der Waals surface area contributed by atoms with Gasteiger partial charge in [-0.3, -0.25) is 4.79 Å². The van der Waals surface area contributed by atoms with Crippen LogP contribution in [0.2, 0.25) is 0 Å². The van der Waals surface area contributed by atoms with Crippen LogP contribution in [0, 0.1) is 5.82 Å². The zero-order valence-corrected chi connectivity index (χ0v) is 12.1. The van der Waals surface area contributed by atoms with Crippen LogP contribution >= 0.6 is 11.8 Å². The van der Waals surface area contributed by atoms with Crippen molar-refractivity contribution in [3.05, 3.63) is 30.1 Å². The van der Waals surface area contributed by atoms with E-state index in [4.69, 9.17) is 0 Å². The van der Waals surface area contributed by atoms with E-state index in [0.29, 0.717) is 10.8 Å². The molecular weight excluding hydrogens is 281 g/mol. The van der Waals surface area contributed by atoms with Crippen LogP contribution in [0.5, 0.6) is 0 Å². The second-order valence-electron chi connectivity index (χ2n) is 4.35. The summed E-state index contributed by atoms with van der Waals surface area (Å²) in [6.07, 6.45) is 0. The number of halogens is 1. The van der Waals surface area contributed by atoms with Gasteiger partial charge in [-0.25, -0.2) is 4.39 Å². The number of benzene rings is 1. The van der Waals surface area contributed by atoms with Crippen molar-refractivity contribution < 1.29 is 9.18 Å². The van der Waals surface area contributed by atoms with E-state index in [-0.39, 0.29) is 17.0 Å². The number of carbonyl (C=O) groups is 1. The normalized spacial score (nSPS) is 12.2. The van der Waals surface area contributed by atoms with Crippen LogP contribution in [0.1, 0.15) is 6.92 Å². The Labute approximate surface area is 120 Å². The minimum absolute atomic E-state index is 0.0382. The van der Waals surface area contributed by atoms with Crippen LogP contribution in [0.15, 0.2) is 29.4 Å². The summed E-state index contributed by atoms with van der Waals surface area (Å²) in [5.74, 6) is -0.407. The highest BCUT2D eigenvalue weighted by Gasteiger charge is 2.20. The predicted octanol–water partition coefficient (Wildman–Crippen LogP) is 1.37. The molecule has 1 amide bonds. The predicted molar refractivity (Wildman–Crippen MR) is 73.1 cm³/mol. The smallest absolute Gasteiger partial charge is 0.235 e. The summed E-state index contributed by atoms with van der Waals surface area (Å²) < 4.78 is 14.6. The zero-order valence-electron chi connectivity index (χ0n) is 11.3. The van der Waals surface area contributed by atoms with Crippen molar-refractivity contribution in [3.63, 3.8) is 0 Å². The SMILES string of the molecule is C[C@@H](Sc1nnnn1-c1cccc(F)c1)C(=O)N(C)C. The molecule has 1 atom stereocenters. The van der Waals surface area contributed by atoms with Crippen molar-refractivity contribution in [1.29, 1.82) is 0 Å². The molecule has 1 aromatic heterocycles. The minimum Gasteiger partial charge on any atom is -0.348 e. The summed E-state index contributed by atoms with van der Waals surface area (Å²) in [6, 6.07) is 5.95. The molecule has 20 heavy (non-hydrogen) atoms. The van der Waals surface area contributed by atoms with Gasteiger partial charge in [0.05, 0.1) is 10.9 Å². The molecule has 0 saturated heterocycles. The zero-order chi connectivity index (χ0) is 14.7. The van der Waals surface area contributed by atoms with Gasteiger partial charge in [-0.05, 0) is 35.5 Å². The second-order valence-corrected chi connectivity index (χ2v) is 5.65. The summed E-state index contributed by atoms with van der Waals surface area (Å²) in [5.41, 5.74) is 0.516. The Balaban J connectivity index is 2.23. The van der Waals surface area contributed by atoms with E-state index in [1.807, 2.05) is 0 Å². The van der Waals surface area contributed by atoms with E-state index in [2.05, 4.69) is 15.5 Å². The van der Waals surface area contributed by atoms with Crippen molar-refractivity contribution in [1.82, 2.24) is 25.1 Å². The fraction of sp³-hybridized carbons (Fsp3) is 0.333. The molecule has 0 aliphatic carbocycles. The highest BCUT2D eigenvalue weighted by molar-refractivity contribution is 8.00. The van der Waals surface area contributed by atoms with E-state index < -0.39 is 0 Å². The molecule has 6 nitrogen and oxygen atoms in total. The number of tetrazole rings is 1. The number of aromatic nitrogens is 4. The Hall–Kier alpha value is -1.96. The topological polar surface area (TPSA) is 63.9 Å². The number of hydrogen-bond acceptors (Lipinski definition) is 5. The number of rotatable bonds is 4. The summed E-state index contributed by atoms with van der Waals surface area (Å²) in [7, 11) is 3.38. The van der Waals surface area contributed by atoms with Gasteiger partial charge in [0.15, 0.2) is 0 Å². The lowest BCUT2D eigenvalue weighted by molar-refractivity contribution is -0.127. The van der Waals surface area contributed by atoms with Gasteiger partial charge in [0.1, 0.15) is 5.82 Å². The van der Waals surface area contributed by atoms with Gasteiger partial charge in [0, 0.05) is 14.1 Å². The first-order valence-electron chi connectivity index (χ1n) is 5.91. The Bertz CT molecular complexity index is 615. The quantitative estimate of drug-likeness (QED) is 0.797. The maximum Gasteiger partial charge on any atom is 0.235 e. The van der Waals surface area contributed by atoms with Crippen LogP contribution in [0.25, 0.3) is 5.69 Å². The molecule has 0 bridgehead atoms. The third-order valence-corrected chi connectivity index (χ3v) is 3.58. The molecule has 2 aromatic rings. The Morgan fingerprint density at radius 3 is 2.85 bits per heavy atom. The lowest BCUT2D eigenvalue weighted by Gasteiger charge is -2.15. The first-order chi connectivity index (χ1) is 9.49. The van der Waals surface area contributed by atoms with Crippen LogP contribution in [0.3, 0.4) is 0 Å². The van der Waals surface area contributed by atoms with Crippen molar-refractivity contribution >= 4 is 17.7 Å². The second kappa shape index (κ2) is 6.00. The molecule has 0 fully saturated rings. The molecule has 0 unspecified atom stereocenters. The molecule has 2 rings (SSSR count). The van der Waals surface area contributed by atoms with Crippen molar-refractivity contribution in [2.24, 2.45) is 0 Å². The Kier molecular flexibility index (Phi) is 4.33. The van der Waals surface area contributed by atoms with E-state index in [9.17, 15) is 9.18 Å². The van der Waals surface area contributed by atoms with E-state index in [1.165, 1.54) is 33.5 Å². The molecule has 8 heteroatoms. The van der Waals surface area contributed by atoms with Gasteiger partial charge in [0.25, 0.3) is 0 Å². The molecule has 0 N–H and O–H groups in total. The number of thioether (sulfide) groups is 1. The first kappa shape index (κ1) is 14.4. The van der Waals surface area contributed by atoms with E-state index >= 15 is 0 Å². The fourth-order valence-corrected chi connectivity index (χ4v) is 2.55. The molecule has 1 aromatic carbocycles. The fourth-order valence-electron chi connectivity index (χ4n) is 1.59. The van der Waals surface area contributed by atoms with Gasteiger partial charge >= 0.3 is 0 Å². The summed E-state index contributed by atoms with van der Waals surface area (Å²) >= 11 is 1.23. The number of nitrogens with zero attached hydrogens (tertiary/aromatic N) is 5. The van der Waals surface area contributed by atoms with Crippen molar-refractivity contribution in [2.75, 3.05) is 14.1 Å². The summed E-state index contributed by atoms with van der Waals surface area (Å²) in [4.78, 5) is 13.3. The highest BCUT2D eigenvalue weighted by Crippen LogP contribution is 2.23. The Morgan fingerprint density at radius 1 is 1.45 bits per heavy atom. The number of carbonyl (C=O) groups excluding carboxylic acids is 1. The number of amides is 1. The average molecular weight is 295 g/mol. The largest absolute Gasteiger partial charge is 0.348 e. The van der Waals surface area contributed by atoms with Gasteiger partial charge < -0.3 is 4.90 Å². The van der Waals surface area contributed by atoms with Crippen LogP contribution in [-0.2, 0) is 4.79 Å². The van der Waals surface area contributed by atoms with Gasteiger partial charge in [-0.2, -0.15) is 4.68 Å². The lowest BCUT2D eigenvalue weighted by atomic mass is 10.3. The van der Waals surface area contributed by atoms with Gasteiger partial charge in [-0.15, -0.1) is 5.10 Å². The summed E-state index contributed by atoms with van der Waals surface area (Å²) in [5, 5.41) is 11.4. The Morgan fingerprint density at radius 2 is 2.20 bits per heavy atom. The molecule has 0 spiro atoms. The minimum atomic E-state index is -0.369. The number of hydrogen-bond donors (Lipinski definition) is 0. The van der Waals surface area contributed by atoms with E-state index in [0.717, 1.165) is 0 Å². The third kappa shape index (κ3) is 3.13. The standard InChI is InChI=1S/C12H14FN5OS/c1-8(11(19)17(2)3)20-12-14-15-16-18(12)10-6-4-5-9(13)7-10/h4-8H,1-3H3/t8-/m1/s1. The van der Waals surface area contributed by atoms with Crippen LogP contribution in [-0.4, -0.2) is 50.4 Å². The molecule has 0 radical (unpaired) electrons. The molecule has 0 aliphatic heterocycles. The molecule has 106 valence electrons. The highest BCUT2D eigenvalue weighted by atomic mass is 32.2. The van der Waals surface area contributed by atoms with Crippen LogP contribution < -0.4 is 0 Å². The first-order valence-corrected chi connectivity index (χ1v) is 6.79. The molecule has 0 saturated carbocycles. The molecule has 1 heterocycles. The average Bonchev–Trinajstić information content (AvgIpc) is 2.85. The third-order valence-electron chi connectivity index (χ3n) is 2.56. The maximum atomic E-state index is 13.2. The lowest BCUT2D eigenvalue weighted by Crippen LogP contribution is -2.29. The van der Waals surface area contributed by atoms with Gasteiger partial charge in [0.2, 0.25) is 11.1 Å². The van der Waals surface area contributed by atoms with E-state index in [1.54, 1.807) is 33.2 Å². The maximum absolute atomic E-state index is 13.2. The monoisotopic (exact) mass is 295 g/mol. The van der Waals surface area contributed by atoms with Gasteiger partial charge in [-0.1, -0.05) is 17.8 Å². The van der Waals surface area contributed by atoms with Crippen LogP contribution in [0.4, 0.5) is 4.39 Å². The summed E-state index contributed by atoms with van der Waals surface area (Å²) in [6.45, 7) is 1.78. The molecular formula is C12H14FN5OS. The molecule has 0 aliphatic rings. The van der Waals surface area contributed by atoms with Crippen molar-refractivity contribution in [2.45, 2.75) is 17.3 Å². The van der Waals surface area contributed by atoms with Crippen molar-refractivity contribution in [3.8, 4) is 5.69 Å².